The first-order valence-corrected chi connectivity index (χ1v) is 7.19. The van der Waals surface area contributed by atoms with Crippen molar-refractivity contribution in [2.45, 2.75) is 26.8 Å². The molecule has 0 aliphatic rings. The lowest BCUT2D eigenvalue weighted by Gasteiger charge is -2.01. The van der Waals surface area contributed by atoms with Crippen LogP contribution in [-0.2, 0) is 13.0 Å². The fourth-order valence-electron chi connectivity index (χ4n) is 2.10. The summed E-state index contributed by atoms with van der Waals surface area (Å²) in [5.41, 5.74) is 9.96. The van der Waals surface area contributed by atoms with E-state index in [1.807, 2.05) is 16.6 Å². The molecule has 2 heterocycles. The van der Waals surface area contributed by atoms with E-state index in [9.17, 15) is 0 Å². The van der Waals surface area contributed by atoms with Crippen LogP contribution in [0.4, 0.5) is 0 Å². The second kappa shape index (κ2) is 4.75. The number of fused-ring (bicyclic) bond motifs is 1. The highest BCUT2D eigenvalue weighted by Gasteiger charge is 2.13. The maximum atomic E-state index is 5.62. The summed E-state index contributed by atoms with van der Waals surface area (Å²) in [5.74, 6) is 0. The minimum absolute atomic E-state index is 0.568. The molecule has 0 amide bonds. The largest absolute Gasteiger partial charge is 0.326 e. The predicted molar refractivity (Wildman–Crippen MR) is 78.3 cm³/mol. The normalized spacial score (nSPS) is 11.3. The number of hydrogen-bond acceptors (Lipinski definition) is 4. The molecule has 0 atom stereocenters. The smallest absolute Gasteiger partial charge is 0.212 e. The van der Waals surface area contributed by atoms with Crippen LogP contribution in [0.25, 0.3) is 16.2 Å². The molecule has 1 aromatic carbocycles. The molecule has 2 N–H and O–H groups in total. The minimum Gasteiger partial charge on any atom is -0.326 e. The highest BCUT2D eigenvalue weighted by molar-refractivity contribution is 7.16. The van der Waals surface area contributed by atoms with Crippen LogP contribution in [0.1, 0.15) is 23.2 Å². The fraction of sp³-hybridized carbons (Fsp3) is 0.286. The molecule has 4 nitrogen and oxygen atoms in total. The summed E-state index contributed by atoms with van der Waals surface area (Å²) in [6, 6.07) is 8.24. The molecule has 0 saturated heterocycles. The number of imidazole rings is 1. The van der Waals surface area contributed by atoms with Crippen LogP contribution in [-0.4, -0.2) is 14.6 Å². The van der Waals surface area contributed by atoms with E-state index < -0.39 is 0 Å². The van der Waals surface area contributed by atoms with Gasteiger partial charge in [0, 0.05) is 12.1 Å². The molecule has 0 bridgehead atoms. The van der Waals surface area contributed by atoms with Gasteiger partial charge < -0.3 is 5.73 Å². The van der Waals surface area contributed by atoms with Gasteiger partial charge in [0.2, 0.25) is 4.96 Å². The topological polar surface area (TPSA) is 56.2 Å². The third-order valence-electron chi connectivity index (χ3n) is 3.24. The molecule has 3 aromatic rings. The van der Waals surface area contributed by atoms with Crippen LogP contribution in [0, 0.1) is 6.92 Å². The van der Waals surface area contributed by atoms with Crippen LogP contribution < -0.4 is 5.73 Å². The Morgan fingerprint density at radius 1 is 1.26 bits per heavy atom. The monoisotopic (exact) mass is 272 g/mol. The molecule has 0 radical (unpaired) electrons. The summed E-state index contributed by atoms with van der Waals surface area (Å²) in [7, 11) is 0. The number of benzene rings is 1. The summed E-state index contributed by atoms with van der Waals surface area (Å²) in [5, 5.41) is 5.68. The average Bonchev–Trinajstić information content (AvgIpc) is 2.99. The van der Waals surface area contributed by atoms with Gasteiger partial charge in [-0.2, -0.15) is 5.10 Å². The van der Waals surface area contributed by atoms with E-state index in [1.165, 1.54) is 0 Å². The van der Waals surface area contributed by atoms with Crippen molar-refractivity contribution in [3.05, 3.63) is 40.5 Å². The van der Waals surface area contributed by atoms with Crippen molar-refractivity contribution < 1.29 is 0 Å². The lowest BCUT2D eigenvalue weighted by molar-refractivity contribution is 0.882. The van der Waals surface area contributed by atoms with Crippen molar-refractivity contribution >= 4 is 16.3 Å². The quantitative estimate of drug-likeness (QED) is 0.797. The first-order valence-electron chi connectivity index (χ1n) is 6.37. The third kappa shape index (κ3) is 2.05. The summed E-state index contributed by atoms with van der Waals surface area (Å²) >= 11 is 1.66. The van der Waals surface area contributed by atoms with Gasteiger partial charge in [-0.05, 0) is 18.9 Å². The Kier molecular flexibility index (Phi) is 3.08. The van der Waals surface area contributed by atoms with Gasteiger partial charge in [-0.15, -0.1) is 0 Å². The van der Waals surface area contributed by atoms with E-state index in [1.54, 1.807) is 11.3 Å². The Bertz CT molecular complexity index is 709. The zero-order valence-corrected chi connectivity index (χ0v) is 11.9. The Morgan fingerprint density at radius 2 is 2.00 bits per heavy atom. The van der Waals surface area contributed by atoms with Crippen molar-refractivity contribution in [3.8, 4) is 11.3 Å². The van der Waals surface area contributed by atoms with Crippen molar-refractivity contribution in [3.63, 3.8) is 0 Å². The van der Waals surface area contributed by atoms with Crippen molar-refractivity contribution in [2.24, 2.45) is 5.73 Å². The Labute approximate surface area is 115 Å². The predicted octanol–water partition coefficient (Wildman–Crippen LogP) is 2.79. The maximum Gasteiger partial charge on any atom is 0.212 e. The number of hydrogen-bond donors (Lipinski definition) is 1. The molecular weight excluding hydrogens is 256 g/mol. The van der Waals surface area contributed by atoms with Gasteiger partial charge in [-0.25, -0.2) is 9.50 Å². The molecule has 0 spiro atoms. The van der Waals surface area contributed by atoms with Crippen LogP contribution in [0.5, 0.6) is 0 Å². The second-order valence-electron chi connectivity index (χ2n) is 4.49. The zero-order chi connectivity index (χ0) is 13.4. The number of nitrogens with zero attached hydrogens (tertiary/aromatic N) is 3. The van der Waals surface area contributed by atoms with Crippen molar-refractivity contribution in [2.75, 3.05) is 0 Å². The molecule has 0 fully saturated rings. The lowest BCUT2D eigenvalue weighted by atomic mass is 10.1. The van der Waals surface area contributed by atoms with Crippen molar-refractivity contribution in [1.29, 1.82) is 0 Å². The van der Waals surface area contributed by atoms with Crippen LogP contribution in [0.3, 0.4) is 0 Å². The first-order chi connectivity index (χ1) is 9.22. The van der Waals surface area contributed by atoms with Crippen LogP contribution in [0.15, 0.2) is 24.3 Å². The summed E-state index contributed by atoms with van der Waals surface area (Å²) in [4.78, 5) is 5.66. The van der Waals surface area contributed by atoms with Gasteiger partial charge in [0.05, 0.1) is 11.4 Å². The first kappa shape index (κ1) is 12.3. The standard InChI is InChI=1S/C14H16N4S/c1-3-12-17-18-9(2)13(16-14(18)19-12)11-6-4-10(8-15)5-7-11/h4-7H,3,8,15H2,1-2H3. The number of aryl methyl sites for hydroxylation is 2. The Morgan fingerprint density at radius 3 is 2.58 bits per heavy atom. The van der Waals surface area contributed by atoms with Gasteiger partial charge in [0.15, 0.2) is 0 Å². The van der Waals surface area contributed by atoms with E-state index in [-0.39, 0.29) is 0 Å². The van der Waals surface area contributed by atoms with Gasteiger partial charge in [0.25, 0.3) is 0 Å². The van der Waals surface area contributed by atoms with E-state index in [4.69, 9.17) is 10.7 Å². The summed E-state index contributed by atoms with van der Waals surface area (Å²) in [6.45, 7) is 4.74. The van der Waals surface area contributed by atoms with E-state index in [0.29, 0.717) is 6.54 Å². The van der Waals surface area contributed by atoms with Gasteiger partial charge in [-0.3, -0.25) is 0 Å². The average molecular weight is 272 g/mol. The molecule has 98 valence electrons. The van der Waals surface area contributed by atoms with Crippen LogP contribution >= 0.6 is 11.3 Å². The Hall–Kier alpha value is -1.72. The molecule has 19 heavy (non-hydrogen) atoms. The molecule has 5 heteroatoms. The van der Waals surface area contributed by atoms with Crippen LogP contribution in [0.2, 0.25) is 0 Å². The lowest BCUT2D eigenvalue weighted by Crippen LogP contribution is -1.95. The highest BCUT2D eigenvalue weighted by Crippen LogP contribution is 2.26. The molecule has 0 aliphatic heterocycles. The molecule has 0 saturated carbocycles. The molecule has 0 aliphatic carbocycles. The second-order valence-corrected chi connectivity index (χ2v) is 5.53. The Balaban J connectivity index is 2.08. The third-order valence-corrected chi connectivity index (χ3v) is 4.29. The summed E-state index contributed by atoms with van der Waals surface area (Å²) < 4.78 is 1.94. The highest BCUT2D eigenvalue weighted by atomic mass is 32.1. The summed E-state index contributed by atoms with van der Waals surface area (Å²) in [6.07, 6.45) is 0.952. The number of nitrogens with two attached hydrogens (primary N) is 1. The molecular formula is C14H16N4S. The number of rotatable bonds is 3. The number of aromatic nitrogens is 3. The van der Waals surface area contributed by atoms with Gasteiger partial charge in [0.1, 0.15) is 5.01 Å². The molecule has 2 aromatic heterocycles. The van der Waals surface area contributed by atoms with Gasteiger partial charge >= 0.3 is 0 Å². The van der Waals surface area contributed by atoms with E-state index >= 15 is 0 Å². The molecule has 0 unspecified atom stereocenters. The van der Waals surface area contributed by atoms with Gasteiger partial charge in [-0.1, -0.05) is 42.5 Å². The minimum atomic E-state index is 0.568. The van der Waals surface area contributed by atoms with Crippen molar-refractivity contribution in [1.82, 2.24) is 14.6 Å². The zero-order valence-electron chi connectivity index (χ0n) is 11.1. The van der Waals surface area contributed by atoms with E-state index in [0.717, 1.165) is 38.9 Å². The fourth-order valence-corrected chi connectivity index (χ4v) is 2.98. The molecule has 3 rings (SSSR count). The SMILES string of the molecule is CCc1nn2c(C)c(-c3ccc(CN)cc3)nc2s1. The maximum absolute atomic E-state index is 5.62. The van der Waals surface area contributed by atoms with E-state index in [2.05, 4.69) is 31.1 Å².